The lowest BCUT2D eigenvalue weighted by Crippen LogP contribution is -2.10. The molecule has 9 heteroatoms. The van der Waals surface area contributed by atoms with E-state index in [0.717, 1.165) is 27.4 Å². The van der Waals surface area contributed by atoms with Crippen LogP contribution < -0.4 is 5.32 Å². The molecule has 0 amide bonds. The normalized spacial score (nSPS) is 10.6. The van der Waals surface area contributed by atoms with E-state index < -0.39 is 0 Å². The average Bonchev–Trinajstić information content (AvgIpc) is 3.21. The van der Waals surface area contributed by atoms with Crippen molar-refractivity contribution in [2.45, 2.75) is 17.2 Å². The van der Waals surface area contributed by atoms with Crippen LogP contribution in [0.2, 0.25) is 0 Å². The number of hydrogen-bond donors (Lipinski definition) is 1. The Kier molecular flexibility index (Phi) is 6.10. The second-order valence-electron chi connectivity index (χ2n) is 6.57. The highest BCUT2D eigenvalue weighted by Crippen LogP contribution is 2.33. The number of nitrogens with one attached hydrogen (secondary N) is 1. The predicted molar refractivity (Wildman–Crippen MR) is 119 cm³/mol. The number of rotatable bonds is 7. The van der Waals surface area contributed by atoms with E-state index in [-0.39, 0.29) is 12.5 Å². The Morgan fingerprint density at radius 2 is 1.97 bits per heavy atom. The number of methoxy groups -OCH3 is 1. The maximum atomic E-state index is 11.8. The Labute approximate surface area is 183 Å². The van der Waals surface area contributed by atoms with E-state index in [0.29, 0.717) is 11.6 Å². The van der Waals surface area contributed by atoms with Gasteiger partial charge in [0.05, 0.1) is 25.5 Å². The first-order valence-corrected chi connectivity index (χ1v) is 10.3. The number of thioether (sulfide) groups is 1. The monoisotopic (exact) mass is 430 g/mol. The first-order chi connectivity index (χ1) is 15.2. The molecule has 4 aromatic rings. The molecule has 2 heterocycles. The van der Waals surface area contributed by atoms with Crippen LogP contribution in [0, 0.1) is 6.57 Å². The van der Waals surface area contributed by atoms with Crippen LogP contribution in [0.3, 0.4) is 0 Å². The minimum Gasteiger partial charge on any atom is -0.468 e. The first kappa shape index (κ1) is 20.4. The molecule has 8 nitrogen and oxygen atoms in total. The number of esters is 1. The summed E-state index contributed by atoms with van der Waals surface area (Å²) in [6.07, 6.45) is 4.57. The van der Waals surface area contributed by atoms with Gasteiger partial charge in [-0.15, -0.1) is 11.8 Å². The number of benzene rings is 2. The van der Waals surface area contributed by atoms with Gasteiger partial charge in [0.25, 0.3) is 0 Å². The Morgan fingerprint density at radius 1 is 1.19 bits per heavy atom. The smallest absolute Gasteiger partial charge is 0.325 e. The molecule has 2 aromatic carbocycles. The summed E-state index contributed by atoms with van der Waals surface area (Å²) in [4.78, 5) is 29.0. The number of carbonyl (C=O) groups excluding carboxylic acids is 1. The van der Waals surface area contributed by atoms with Crippen molar-refractivity contribution in [3.63, 3.8) is 0 Å². The Morgan fingerprint density at radius 3 is 2.68 bits per heavy atom. The molecule has 0 aliphatic heterocycles. The lowest BCUT2D eigenvalue weighted by Gasteiger charge is -2.10. The number of aromatic nitrogens is 4. The maximum Gasteiger partial charge on any atom is 0.325 e. The number of nitrogens with zero attached hydrogens (tertiary/aromatic N) is 5. The lowest BCUT2D eigenvalue weighted by molar-refractivity contribution is -0.141. The maximum absolute atomic E-state index is 11.8. The molecule has 2 aromatic heterocycles. The fourth-order valence-corrected chi connectivity index (χ4v) is 3.97. The van der Waals surface area contributed by atoms with Crippen molar-refractivity contribution in [1.82, 2.24) is 19.5 Å². The summed E-state index contributed by atoms with van der Waals surface area (Å²) in [5.41, 5.74) is 3.93. The van der Waals surface area contributed by atoms with Crippen LogP contribution in [0.15, 0.2) is 66.1 Å². The zero-order chi connectivity index (χ0) is 21.6. The summed E-state index contributed by atoms with van der Waals surface area (Å²) < 4.78 is 6.55. The molecule has 0 saturated heterocycles. The minimum absolute atomic E-state index is 0.0649. The van der Waals surface area contributed by atoms with E-state index in [9.17, 15) is 4.79 Å². The van der Waals surface area contributed by atoms with Gasteiger partial charge in [-0.3, -0.25) is 4.79 Å². The molecule has 4 rings (SSSR count). The molecule has 31 heavy (non-hydrogen) atoms. The summed E-state index contributed by atoms with van der Waals surface area (Å²) in [7, 11) is 1.36. The largest absolute Gasteiger partial charge is 0.468 e. The van der Waals surface area contributed by atoms with Gasteiger partial charge in [0.15, 0.2) is 0 Å². The molecule has 0 aliphatic carbocycles. The summed E-state index contributed by atoms with van der Waals surface area (Å²) >= 11 is 1.66. The first-order valence-electron chi connectivity index (χ1n) is 9.35. The number of hydrogen-bond acceptors (Lipinski definition) is 7. The molecule has 0 radical (unpaired) electrons. The van der Waals surface area contributed by atoms with Gasteiger partial charge in [0, 0.05) is 28.7 Å². The van der Waals surface area contributed by atoms with Gasteiger partial charge in [-0.25, -0.2) is 19.8 Å². The van der Waals surface area contributed by atoms with Crippen molar-refractivity contribution in [2.24, 2.45) is 0 Å². The molecule has 0 aliphatic rings. The van der Waals surface area contributed by atoms with Crippen LogP contribution in [0.4, 0.5) is 17.3 Å². The summed E-state index contributed by atoms with van der Waals surface area (Å²) in [6.45, 7) is 7.09. The van der Waals surface area contributed by atoms with Crippen molar-refractivity contribution in [2.75, 3.05) is 12.4 Å². The summed E-state index contributed by atoms with van der Waals surface area (Å²) in [5, 5.41) is 3.17. The Hall–Kier alpha value is -3.90. The highest BCUT2D eigenvalue weighted by Gasteiger charge is 2.14. The molecule has 0 unspecified atom stereocenters. The van der Waals surface area contributed by atoms with Crippen LogP contribution in [0.5, 0.6) is 0 Å². The summed E-state index contributed by atoms with van der Waals surface area (Å²) in [6, 6.07) is 14.0. The van der Waals surface area contributed by atoms with Crippen molar-refractivity contribution in [1.29, 1.82) is 0 Å². The quantitative estimate of drug-likeness (QED) is 0.261. The van der Waals surface area contributed by atoms with Gasteiger partial charge in [-0.05, 0) is 17.7 Å². The minimum atomic E-state index is -0.353. The van der Waals surface area contributed by atoms with Gasteiger partial charge in [0.1, 0.15) is 12.1 Å². The molecule has 0 saturated carbocycles. The number of carbonyl (C=O) groups is 1. The lowest BCUT2D eigenvalue weighted by atomic mass is 10.2. The topological polar surface area (TPSA) is 86.3 Å². The van der Waals surface area contributed by atoms with Crippen LogP contribution in [0.25, 0.3) is 15.9 Å². The standard InChI is InChI=1S/C22H18N6O2S/c1-23-17-10-24-22(25-11-17)27-16-8-18-21(26-14-28(18)12-20(29)30-2)19(9-16)31-13-15-6-4-3-5-7-15/h3-11,14H,12-13H2,2H3,(H,24,25,27). The molecular weight excluding hydrogens is 412 g/mol. The molecule has 1 N–H and O–H groups in total. The van der Waals surface area contributed by atoms with E-state index in [1.165, 1.54) is 25.1 Å². The zero-order valence-corrected chi connectivity index (χ0v) is 17.5. The molecular formula is C22H18N6O2S. The van der Waals surface area contributed by atoms with E-state index in [2.05, 4.69) is 37.2 Å². The third-order valence-electron chi connectivity index (χ3n) is 4.48. The summed E-state index contributed by atoms with van der Waals surface area (Å²) in [5.74, 6) is 0.804. The van der Waals surface area contributed by atoms with Gasteiger partial charge < -0.3 is 14.6 Å². The molecule has 154 valence electrons. The van der Waals surface area contributed by atoms with Crippen molar-refractivity contribution in [3.05, 3.63) is 78.2 Å². The highest BCUT2D eigenvalue weighted by atomic mass is 32.2. The van der Waals surface area contributed by atoms with Crippen molar-refractivity contribution in [3.8, 4) is 0 Å². The SMILES string of the molecule is [C-]#[N+]c1cnc(Nc2cc(SCc3ccccc3)c3ncn(CC(=O)OC)c3c2)nc1. The third kappa shape index (κ3) is 4.82. The fourth-order valence-electron chi connectivity index (χ4n) is 2.95. The van der Waals surface area contributed by atoms with E-state index >= 15 is 0 Å². The second kappa shape index (κ2) is 9.28. The molecule has 0 atom stereocenters. The number of imidazole rings is 1. The van der Waals surface area contributed by atoms with Crippen LogP contribution in [-0.4, -0.2) is 32.6 Å². The fraction of sp³-hybridized carbons (Fsp3) is 0.136. The van der Waals surface area contributed by atoms with Gasteiger partial charge in [-0.2, -0.15) is 0 Å². The third-order valence-corrected chi connectivity index (χ3v) is 5.58. The van der Waals surface area contributed by atoms with E-state index in [1.54, 1.807) is 22.7 Å². The predicted octanol–water partition coefficient (Wildman–Crippen LogP) is 4.59. The number of fused-ring (bicyclic) bond motifs is 1. The van der Waals surface area contributed by atoms with E-state index in [4.69, 9.17) is 11.3 Å². The van der Waals surface area contributed by atoms with Crippen LogP contribution in [-0.2, 0) is 21.8 Å². The average molecular weight is 430 g/mol. The zero-order valence-electron chi connectivity index (χ0n) is 16.6. The Balaban J connectivity index is 1.69. The van der Waals surface area contributed by atoms with Crippen LogP contribution >= 0.6 is 11.8 Å². The molecule has 0 bridgehead atoms. The highest BCUT2D eigenvalue weighted by molar-refractivity contribution is 7.98. The van der Waals surface area contributed by atoms with Gasteiger partial charge in [-0.1, -0.05) is 30.3 Å². The molecule has 0 spiro atoms. The van der Waals surface area contributed by atoms with Crippen LogP contribution in [0.1, 0.15) is 5.56 Å². The van der Waals surface area contributed by atoms with Gasteiger partial charge in [0.2, 0.25) is 11.6 Å². The molecule has 0 fully saturated rings. The number of ether oxygens (including phenoxy) is 1. The van der Waals surface area contributed by atoms with Crippen molar-refractivity contribution < 1.29 is 9.53 Å². The van der Waals surface area contributed by atoms with Crippen molar-refractivity contribution >= 4 is 46.1 Å². The number of anilines is 2. The van der Waals surface area contributed by atoms with E-state index in [1.807, 2.05) is 30.3 Å². The Bertz CT molecular complexity index is 1250. The van der Waals surface area contributed by atoms with Gasteiger partial charge >= 0.3 is 5.97 Å². The second-order valence-corrected chi connectivity index (χ2v) is 7.58.